The van der Waals surface area contributed by atoms with Gasteiger partial charge in [0.2, 0.25) is 5.91 Å². The van der Waals surface area contributed by atoms with E-state index in [9.17, 15) is 9.59 Å². The number of carbonyl (C=O) groups excluding carboxylic acids is 1. The first kappa shape index (κ1) is 11.5. The number of carboxylic acid groups (broad SMARTS) is 1. The van der Waals surface area contributed by atoms with Gasteiger partial charge in [0.1, 0.15) is 11.4 Å². The molecule has 4 nitrogen and oxygen atoms in total. The summed E-state index contributed by atoms with van der Waals surface area (Å²) in [6, 6.07) is 1.23. The minimum absolute atomic E-state index is 0.148. The molecule has 1 fully saturated rings. The van der Waals surface area contributed by atoms with Gasteiger partial charge < -0.3 is 10.0 Å². The molecule has 0 saturated carbocycles. The number of amides is 1. The Balaban J connectivity index is 2.28. The molecule has 0 radical (unpaired) electrons. The van der Waals surface area contributed by atoms with Crippen molar-refractivity contribution in [3.05, 3.63) is 22.4 Å². The van der Waals surface area contributed by atoms with Gasteiger partial charge in [-0.15, -0.1) is 11.8 Å². The average molecular weight is 257 g/mol. The maximum absolute atomic E-state index is 11.5. The van der Waals surface area contributed by atoms with Gasteiger partial charge in [-0.1, -0.05) is 0 Å². The SMILES string of the molecule is CC(=O)N1[C@@H](C(=O)O)CS[C@H]1c1ccsc1. The lowest BCUT2D eigenvalue weighted by Gasteiger charge is -2.25. The Morgan fingerprint density at radius 3 is 2.81 bits per heavy atom. The van der Waals surface area contributed by atoms with Gasteiger partial charge in [-0.2, -0.15) is 11.3 Å². The summed E-state index contributed by atoms with van der Waals surface area (Å²) in [5.41, 5.74) is 1.01. The number of carbonyl (C=O) groups is 2. The zero-order chi connectivity index (χ0) is 11.7. The summed E-state index contributed by atoms with van der Waals surface area (Å²) in [5, 5.41) is 12.8. The number of aliphatic carboxylic acids is 1. The van der Waals surface area contributed by atoms with Gasteiger partial charge in [0.05, 0.1) is 0 Å². The van der Waals surface area contributed by atoms with Gasteiger partial charge in [-0.3, -0.25) is 4.79 Å². The Kier molecular flexibility index (Phi) is 3.20. The van der Waals surface area contributed by atoms with E-state index in [-0.39, 0.29) is 11.3 Å². The van der Waals surface area contributed by atoms with Gasteiger partial charge in [0, 0.05) is 12.7 Å². The zero-order valence-electron chi connectivity index (χ0n) is 8.62. The molecule has 0 unspecified atom stereocenters. The lowest BCUT2D eigenvalue weighted by Crippen LogP contribution is -2.41. The molecule has 6 heteroatoms. The summed E-state index contributed by atoms with van der Waals surface area (Å²) in [7, 11) is 0. The van der Waals surface area contributed by atoms with Gasteiger partial charge >= 0.3 is 5.97 Å². The van der Waals surface area contributed by atoms with E-state index in [0.717, 1.165) is 5.56 Å². The van der Waals surface area contributed by atoms with Crippen LogP contribution in [0.2, 0.25) is 0 Å². The lowest BCUT2D eigenvalue weighted by atomic mass is 10.2. The fourth-order valence-corrected chi connectivity index (χ4v) is 3.98. The lowest BCUT2D eigenvalue weighted by molar-refractivity contribution is -0.148. The second-order valence-corrected chi connectivity index (χ2v) is 5.42. The summed E-state index contributed by atoms with van der Waals surface area (Å²) in [4.78, 5) is 24.0. The molecule has 86 valence electrons. The van der Waals surface area contributed by atoms with Gasteiger partial charge in [0.25, 0.3) is 0 Å². The molecule has 1 amide bonds. The highest BCUT2D eigenvalue weighted by Crippen LogP contribution is 2.41. The van der Waals surface area contributed by atoms with Crippen molar-refractivity contribution < 1.29 is 14.7 Å². The molecular weight excluding hydrogens is 246 g/mol. The van der Waals surface area contributed by atoms with Crippen molar-refractivity contribution in [2.45, 2.75) is 18.3 Å². The van der Waals surface area contributed by atoms with Crippen LogP contribution in [0.3, 0.4) is 0 Å². The maximum atomic E-state index is 11.5. The third-order valence-corrected chi connectivity index (χ3v) is 4.50. The Labute approximate surface area is 101 Å². The van der Waals surface area contributed by atoms with E-state index in [1.54, 1.807) is 11.3 Å². The molecule has 2 rings (SSSR count). The average Bonchev–Trinajstić information content (AvgIpc) is 2.85. The molecule has 1 N–H and O–H groups in total. The van der Waals surface area contributed by atoms with Crippen LogP contribution in [0, 0.1) is 0 Å². The summed E-state index contributed by atoms with van der Waals surface area (Å²) in [5.74, 6) is -0.663. The molecule has 1 saturated heterocycles. The van der Waals surface area contributed by atoms with Crippen LogP contribution in [0.5, 0.6) is 0 Å². The molecule has 0 aliphatic carbocycles. The normalized spacial score (nSPS) is 24.7. The molecule has 1 aliphatic rings. The molecule has 0 aromatic carbocycles. The third-order valence-electron chi connectivity index (χ3n) is 2.48. The number of nitrogens with zero attached hydrogens (tertiary/aromatic N) is 1. The zero-order valence-corrected chi connectivity index (χ0v) is 10.3. The standard InChI is InChI=1S/C10H11NO3S2/c1-6(12)11-8(10(13)14)5-16-9(11)7-2-3-15-4-7/h2-4,8-9H,5H2,1H3,(H,13,14)/t8-,9+/m1/s1. The van der Waals surface area contributed by atoms with E-state index >= 15 is 0 Å². The second-order valence-electron chi connectivity index (χ2n) is 3.52. The quantitative estimate of drug-likeness (QED) is 0.877. The maximum Gasteiger partial charge on any atom is 0.327 e. The van der Waals surface area contributed by atoms with Crippen molar-refractivity contribution in [1.82, 2.24) is 4.90 Å². The van der Waals surface area contributed by atoms with Crippen LogP contribution < -0.4 is 0 Å². The van der Waals surface area contributed by atoms with Crippen LogP contribution in [0.4, 0.5) is 0 Å². The van der Waals surface area contributed by atoms with Crippen LogP contribution >= 0.6 is 23.1 Å². The molecule has 0 spiro atoms. The van der Waals surface area contributed by atoms with Gasteiger partial charge in [-0.25, -0.2) is 4.79 Å². The summed E-state index contributed by atoms with van der Waals surface area (Å²) in [6.45, 7) is 1.42. The molecular formula is C10H11NO3S2. The number of hydrogen-bond donors (Lipinski definition) is 1. The molecule has 2 atom stereocenters. The highest BCUT2D eigenvalue weighted by Gasteiger charge is 2.40. The molecule has 16 heavy (non-hydrogen) atoms. The van der Waals surface area contributed by atoms with E-state index < -0.39 is 12.0 Å². The van der Waals surface area contributed by atoms with Crippen molar-refractivity contribution in [2.24, 2.45) is 0 Å². The molecule has 1 aromatic heterocycles. The van der Waals surface area contributed by atoms with Crippen LogP contribution in [-0.4, -0.2) is 33.7 Å². The van der Waals surface area contributed by atoms with Crippen LogP contribution in [0.15, 0.2) is 16.8 Å². The summed E-state index contributed by atoms with van der Waals surface area (Å²) < 4.78 is 0. The Hall–Kier alpha value is -1.01. The van der Waals surface area contributed by atoms with E-state index in [1.165, 1.54) is 23.6 Å². The highest BCUT2D eigenvalue weighted by molar-refractivity contribution is 7.99. The van der Waals surface area contributed by atoms with Crippen LogP contribution in [-0.2, 0) is 9.59 Å². The monoisotopic (exact) mass is 257 g/mol. The Bertz CT molecular complexity index is 404. The number of carboxylic acids is 1. The van der Waals surface area contributed by atoms with E-state index in [2.05, 4.69) is 0 Å². The van der Waals surface area contributed by atoms with Crippen LogP contribution in [0.25, 0.3) is 0 Å². The third kappa shape index (κ3) is 1.94. The van der Waals surface area contributed by atoms with Crippen molar-refractivity contribution in [1.29, 1.82) is 0 Å². The highest BCUT2D eigenvalue weighted by atomic mass is 32.2. The summed E-state index contributed by atoms with van der Waals surface area (Å²) in [6.07, 6.45) is 0. The first-order valence-corrected chi connectivity index (χ1v) is 6.76. The second kappa shape index (κ2) is 4.47. The predicted molar refractivity (Wildman–Crippen MR) is 63.5 cm³/mol. The number of rotatable bonds is 2. The smallest absolute Gasteiger partial charge is 0.327 e. The first-order valence-electron chi connectivity index (χ1n) is 4.76. The number of thiophene rings is 1. The predicted octanol–water partition coefficient (Wildman–Crippen LogP) is 1.80. The minimum Gasteiger partial charge on any atom is -0.480 e. The number of thioether (sulfide) groups is 1. The van der Waals surface area contributed by atoms with E-state index in [0.29, 0.717) is 5.75 Å². The van der Waals surface area contributed by atoms with Gasteiger partial charge in [0.15, 0.2) is 0 Å². The van der Waals surface area contributed by atoms with E-state index in [4.69, 9.17) is 5.11 Å². The molecule has 0 bridgehead atoms. The van der Waals surface area contributed by atoms with Crippen LogP contribution in [0.1, 0.15) is 17.9 Å². The summed E-state index contributed by atoms with van der Waals surface area (Å²) >= 11 is 3.05. The fraction of sp³-hybridized carbons (Fsp3) is 0.400. The molecule has 1 aromatic rings. The van der Waals surface area contributed by atoms with Crippen molar-refractivity contribution in [3.63, 3.8) is 0 Å². The minimum atomic E-state index is -0.930. The fourth-order valence-electron chi connectivity index (χ4n) is 1.75. The molecule has 2 heterocycles. The first-order chi connectivity index (χ1) is 7.61. The topological polar surface area (TPSA) is 57.6 Å². The van der Waals surface area contributed by atoms with Crippen molar-refractivity contribution >= 4 is 35.0 Å². The van der Waals surface area contributed by atoms with Crippen molar-refractivity contribution in [2.75, 3.05) is 5.75 Å². The number of hydrogen-bond acceptors (Lipinski definition) is 4. The van der Waals surface area contributed by atoms with E-state index in [1.807, 2.05) is 16.8 Å². The largest absolute Gasteiger partial charge is 0.480 e. The Morgan fingerprint density at radius 2 is 2.31 bits per heavy atom. The Morgan fingerprint density at radius 1 is 1.56 bits per heavy atom. The van der Waals surface area contributed by atoms with Crippen molar-refractivity contribution in [3.8, 4) is 0 Å². The molecule has 1 aliphatic heterocycles. The van der Waals surface area contributed by atoms with Gasteiger partial charge in [-0.05, 0) is 22.4 Å².